The van der Waals surface area contributed by atoms with E-state index in [1.165, 1.54) is 17.1 Å². The lowest BCUT2D eigenvalue weighted by Crippen LogP contribution is -1.99. The van der Waals surface area contributed by atoms with Gasteiger partial charge in [0.25, 0.3) is 6.47 Å². The Hall–Kier alpha value is -2.68. The Bertz CT molecular complexity index is 598. The van der Waals surface area contributed by atoms with E-state index in [1.807, 2.05) is 6.07 Å². The normalized spacial score (nSPS) is 9.65. The summed E-state index contributed by atoms with van der Waals surface area (Å²) < 4.78 is 6.17. The Labute approximate surface area is 97.1 Å². The molecule has 0 amide bonds. The smallest absolute Gasteiger partial charge is 0.298 e. The van der Waals surface area contributed by atoms with Crippen molar-refractivity contribution in [1.82, 2.24) is 14.8 Å². The van der Waals surface area contributed by atoms with E-state index in [2.05, 4.69) is 14.8 Å². The maximum absolute atomic E-state index is 10.2. The first-order valence-corrected chi connectivity index (χ1v) is 4.77. The molecule has 0 radical (unpaired) electrons. The Morgan fingerprint density at radius 3 is 2.94 bits per heavy atom. The van der Waals surface area contributed by atoms with Gasteiger partial charge in [0.05, 0.1) is 11.3 Å². The van der Waals surface area contributed by atoms with Gasteiger partial charge in [0, 0.05) is 6.07 Å². The van der Waals surface area contributed by atoms with Crippen LogP contribution in [0.2, 0.25) is 0 Å². The van der Waals surface area contributed by atoms with E-state index in [4.69, 9.17) is 5.26 Å². The highest BCUT2D eigenvalue weighted by Crippen LogP contribution is 2.19. The van der Waals surface area contributed by atoms with Crippen molar-refractivity contribution in [2.75, 3.05) is 0 Å². The fourth-order valence-electron chi connectivity index (χ4n) is 1.40. The van der Waals surface area contributed by atoms with E-state index in [-0.39, 0.29) is 0 Å². The first-order valence-electron chi connectivity index (χ1n) is 4.77. The molecule has 0 aliphatic carbocycles. The van der Waals surface area contributed by atoms with Crippen molar-refractivity contribution < 1.29 is 9.53 Å². The molecule has 1 heterocycles. The third-order valence-electron chi connectivity index (χ3n) is 2.13. The minimum Gasteiger partial charge on any atom is -0.429 e. The molecule has 6 heteroatoms. The molecule has 0 bridgehead atoms. The average Bonchev–Trinajstić information content (AvgIpc) is 2.76. The van der Waals surface area contributed by atoms with E-state index in [0.29, 0.717) is 29.3 Å². The molecule has 1 aromatic heterocycles. The van der Waals surface area contributed by atoms with Gasteiger partial charge in [-0.2, -0.15) is 10.4 Å². The molecule has 0 saturated carbocycles. The molecule has 6 nitrogen and oxygen atoms in total. The number of rotatable bonds is 3. The van der Waals surface area contributed by atoms with Gasteiger partial charge in [-0.05, 0) is 19.1 Å². The Morgan fingerprint density at radius 2 is 2.35 bits per heavy atom. The minimum atomic E-state index is 0.315. The fraction of sp³-hybridized carbons (Fsp3) is 0.0909. The molecular weight excluding hydrogens is 220 g/mol. The van der Waals surface area contributed by atoms with E-state index in [9.17, 15) is 4.79 Å². The largest absolute Gasteiger partial charge is 0.429 e. The molecule has 84 valence electrons. The lowest BCUT2D eigenvalue weighted by molar-refractivity contribution is -0.120. The summed E-state index contributed by atoms with van der Waals surface area (Å²) in [4.78, 5) is 14.2. The van der Waals surface area contributed by atoms with Crippen molar-refractivity contribution in [3.63, 3.8) is 0 Å². The molecule has 2 rings (SSSR count). The van der Waals surface area contributed by atoms with E-state index in [1.54, 1.807) is 19.1 Å². The molecule has 17 heavy (non-hydrogen) atoms. The maximum atomic E-state index is 10.2. The number of carbonyl (C=O) groups excluding carboxylic acids is 1. The summed E-state index contributed by atoms with van der Waals surface area (Å²) in [5.41, 5.74) is 0.945. The summed E-state index contributed by atoms with van der Waals surface area (Å²) in [5, 5.41) is 13.1. The molecule has 0 aliphatic heterocycles. The van der Waals surface area contributed by atoms with Gasteiger partial charge in [-0.15, -0.1) is 0 Å². The molecule has 0 N–H and O–H groups in total. The standard InChI is InChI=1S/C11H8N4O2/c1-8-13-6-15(14-8)11-3-2-10(17-7-16)4-9(11)5-12/h2-4,6-7H,1H3. The summed E-state index contributed by atoms with van der Waals surface area (Å²) >= 11 is 0. The number of ether oxygens (including phenoxy) is 1. The third-order valence-corrected chi connectivity index (χ3v) is 2.13. The monoisotopic (exact) mass is 228 g/mol. The first kappa shape index (κ1) is 10.8. The van der Waals surface area contributed by atoms with Gasteiger partial charge in [-0.3, -0.25) is 4.79 Å². The molecule has 0 unspecified atom stereocenters. The Morgan fingerprint density at radius 1 is 1.53 bits per heavy atom. The number of carbonyl (C=O) groups is 1. The predicted molar refractivity (Wildman–Crippen MR) is 57.5 cm³/mol. The zero-order chi connectivity index (χ0) is 12.3. The van der Waals surface area contributed by atoms with Gasteiger partial charge in [-0.1, -0.05) is 0 Å². The summed E-state index contributed by atoms with van der Waals surface area (Å²) in [6, 6.07) is 6.72. The summed E-state index contributed by atoms with van der Waals surface area (Å²) in [6.45, 7) is 2.07. The fourth-order valence-corrected chi connectivity index (χ4v) is 1.40. The van der Waals surface area contributed by atoms with Crippen LogP contribution in [0.25, 0.3) is 5.69 Å². The second-order valence-corrected chi connectivity index (χ2v) is 3.24. The average molecular weight is 228 g/mol. The van der Waals surface area contributed by atoms with Gasteiger partial charge in [0.2, 0.25) is 0 Å². The molecule has 1 aromatic carbocycles. The van der Waals surface area contributed by atoms with E-state index >= 15 is 0 Å². The van der Waals surface area contributed by atoms with Gasteiger partial charge < -0.3 is 4.74 Å². The van der Waals surface area contributed by atoms with Gasteiger partial charge >= 0.3 is 0 Å². The number of hydrogen-bond donors (Lipinski definition) is 0. The summed E-state index contributed by atoms with van der Waals surface area (Å²) in [7, 11) is 0. The molecule has 0 atom stereocenters. The topological polar surface area (TPSA) is 80.8 Å². The molecule has 0 saturated heterocycles. The second kappa shape index (κ2) is 4.45. The predicted octanol–water partition coefficient (Wildman–Crippen LogP) is 0.983. The van der Waals surface area contributed by atoms with E-state index in [0.717, 1.165) is 0 Å². The highest BCUT2D eigenvalue weighted by Gasteiger charge is 2.07. The SMILES string of the molecule is Cc1ncn(-c2ccc(OC=O)cc2C#N)n1. The van der Waals surface area contributed by atoms with Crippen LogP contribution < -0.4 is 4.74 Å². The van der Waals surface area contributed by atoms with Gasteiger partial charge in [0.1, 0.15) is 24.0 Å². The van der Waals surface area contributed by atoms with Crippen LogP contribution in [-0.4, -0.2) is 21.2 Å². The van der Waals surface area contributed by atoms with Crippen LogP contribution in [0.1, 0.15) is 11.4 Å². The Balaban J connectivity index is 2.48. The quantitative estimate of drug-likeness (QED) is 0.731. The maximum Gasteiger partial charge on any atom is 0.298 e. The number of benzene rings is 1. The van der Waals surface area contributed by atoms with Crippen LogP contribution >= 0.6 is 0 Å². The van der Waals surface area contributed by atoms with Crippen molar-refractivity contribution in [3.8, 4) is 17.5 Å². The van der Waals surface area contributed by atoms with Crippen molar-refractivity contribution >= 4 is 6.47 Å². The lowest BCUT2D eigenvalue weighted by Gasteiger charge is -2.04. The summed E-state index contributed by atoms with van der Waals surface area (Å²) in [5.74, 6) is 0.930. The van der Waals surface area contributed by atoms with Crippen LogP contribution in [0.3, 0.4) is 0 Å². The minimum absolute atomic E-state index is 0.315. The van der Waals surface area contributed by atoms with Gasteiger partial charge in [-0.25, -0.2) is 9.67 Å². The zero-order valence-corrected chi connectivity index (χ0v) is 8.99. The van der Waals surface area contributed by atoms with E-state index < -0.39 is 0 Å². The van der Waals surface area contributed by atoms with Crippen LogP contribution in [0.5, 0.6) is 5.75 Å². The van der Waals surface area contributed by atoms with Crippen LogP contribution in [0, 0.1) is 18.3 Å². The van der Waals surface area contributed by atoms with Crippen molar-refractivity contribution in [2.24, 2.45) is 0 Å². The summed E-state index contributed by atoms with van der Waals surface area (Å²) in [6.07, 6.45) is 1.52. The zero-order valence-electron chi connectivity index (χ0n) is 8.99. The first-order chi connectivity index (χ1) is 8.24. The molecule has 0 aliphatic rings. The lowest BCUT2D eigenvalue weighted by atomic mass is 10.2. The van der Waals surface area contributed by atoms with Crippen LogP contribution in [0.15, 0.2) is 24.5 Å². The second-order valence-electron chi connectivity index (χ2n) is 3.24. The highest BCUT2D eigenvalue weighted by molar-refractivity contribution is 5.54. The molecule has 0 fully saturated rings. The highest BCUT2D eigenvalue weighted by atomic mass is 16.5. The Kier molecular flexibility index (Phi) is 2.83. The molecule has 2 aromatic rings. The third kappa shape index (κ3) is 2.13. The van der Waals surface area contributed by atoms with Crippen molar-refractivity contribution in [2.45, 2.75) is 6.92 Å². The number of aryl methyl sites for hydroxylation is 1. The number of aromatic nitrogens is 3. The van der Waals surface area contributed by atoms with Gasteiger partial charge in [0.15, 0.2) is 0 Å². The number of nitriles is 1. The van der Waals surface area contributed by atoms with Crippen molar-refractivity contribution in [3.05, 3.63) is 35.9 Å². The molecule has 0 spiro atoms. The van der Waals surface area contributed by atoms with Crippen molar-refractivity contribution in [1.29, 1.82) is 5.26 Å². The molecular formula is C11H8N4O2. The number of hydrogen-bond acceptors (Lipinski definition) is 5. The number of nitrogens with zero attached hydrogens (tertiary/aromatic N) is 4. The van der Waals surface area contributed by atoms with Crippen LogP contribution in [-0.2, 0) is 4.79 Å². The van der Waals surface area contributed by atoms with Crippen LogP contribution in [0.4, 0.5) is 0 Å².